The van der Waals surface area contributed by atoms with E-state index < -0.39 is 17.8 Å². The van der Waals surface area contributed by atoms with Crippen molar-refractivity contribution in [2.45, 2.75) is 20.8 Å². The maximum Gasteiger partial charge on any atom is 0.335 e. The SMILES string of the molecule is CCOc1cc(C=C2C(=O)NC(=O)N(c3ccc(C)cc3)C2=O)ccc1OCCOc1cccc(C)c1. The summed E-state index contributed by atoms with van der Waals surface area (Å²) in [6.07, 6.45) is 1.43. The highest BCUT2D eigenvalue weighted by Gasteiger charge is 2.36. The van der Waals surface area contributed by atoms with Crippen LogP contribution in [0.3, 0.4) is 0 Å². The monoisotopic (exact) mass is 500 g/mol. The molecule has 190 valence electrons. The molecule has 0 unspecified atom stereocenters. The van der Waals surface area contributed by atoms with Gasteiger partial charge in [-0.1, -0.05) is 35.9 Å². The Balaban J connectivity index is 1.50. The van der Waals surface area contributed by atoms with E-state index in [1.54, 1.807) is 42.5 Å². The lowest BCUT2D eigenvalue weighted by Crippen LogP contribution is -2.54. The number of rotatable bonds is 9. The number of carbonyl (C=O) groups is 3. The van der Waals surface area contributed by atoms with Crippen molar-refractivity contribution < 1.29 is 28.6 Å². The van der Waals surface area contributed by atoms with Crippen LogP contribution in [0.15, 0.2) is 72.3 Å². The molecule has 3 aromatic rings. The van der Waals surface area contributed by atoms with Crippen molar-refractivity contribution in [2.75, 3.05) is 24.7 Å². The van der Waals surface area contributed by atoms with Gasteiger partial charge < -0.3 is 14.2 Å². The van der Waals surface area contributed by atoms with Crippen LogP contribution in [0.25, 0.3) is 6.08 Å². The number of imide groups is 2. The largest absolute Gasteiger partial charge is 0.490 e. The van der Waals surface area contributed by atoms with E-state index in [4.69, 9.17) is 14.2 Å². The standard InChI is InChI=1S/C29H28N2O6/c1-4-35-26-18-21(10-13-25(26)37-15-14-36-23-7-5-6-20(3)16-23)17-24-27(32)30-29(34)31(28(24)33)22-11-8-19(2)9-12-22/h5-13,16-18H,4,14-15H2,1-3H3,(H,30,32,34). The first kappa shape index (κ1) is 25.5. The van der Waals surface area contributed by atoms with Gasteiger partial charge in [0.2, 0.25) is 0 Å². The van der Waals surface area contributed by atoms with Gasteiger partial charge in [0.15, 0.2) is 11.5 Å². The van der Waals surface area contributed by atoms with Crippen LogP contribution in [0.5, 0.6) is 17.2 Å². The first-order chi connectivity index (χ1) is 17.9. The summed E-state index contributed by atoms with van der Waals surface area (Å²) in [5.41, 5.74) is 2.84. The van der Waals surface area contributed by atoms with Gasteiger partial charge in [-0.3, -0.25) is 14.9 Å². The number of carbonyl (C=O) groups excluding carboxylic acids is 3. The molecular weight excluding hydrogens is 472 g/mol. The molecule has 0 aromatic heterocycles. The van der Waals surface area contributed by atoms with E-state index in [2.05, 4.69) is 5.32 Å². The number of urea groups is 1. The molecule has 8 nitrogen and oxygen atoms in total. The van der Waals surface area contributed by atoms with Crippen molar-refractivity contribution in [2.24, 2.45) is 0 Å². The highest BCUT2D eigenvalue weighted by Crippen LogP contribution is 2.30. The smallest absolute Gasteiger partial charge is 0.335 e. The Hall–Kier alpha value is -4.59. The molecule has 0 atom stereocenters. The second-order valence-electron chi connectivity index (χ2n) is 8.45. The average Bonchev–Trinajstić information content (AvgIpc) is 2.87. The van der Waals surface area contributed by atoms with E-state index in [0.717, 1.165) is 21.8 Å². The van der Waals surface area contributed by atoms with Crippen LogP contribution in [0.1, 0.15) is 23.6 Å². The predicted octanol–water partition coefficient (Wildman–Crippen LogP) is 4.83. The van der Waals surface area contributed by atoms with Crippen LogP contribution in [-0.4, -0.2) is 37.7 Å². The second-order valence-corrected chi connectivity index (χ2v) is 8.45. The minimum atomic E-state index is -0.789. The van der Waals surface area contributed by atoms with Gasteiger partial charge in [0.05, 0.1) is 12.3 Å². The molecule has 37 heavy (non-hydrogen) atoms. The molecule has 1 aliphatic heterocycles. The summed E-state index contributed by atoms with van der Waals surface area (Å²) in [4.78, 5) is 39.0. The summed E-state index contributed by atoms with van der Waals surface area (Å²) in [6, 6.07) is 19.0. The van der Waals surface area contributed by atoms with E-state index >= 15 is 0 Å². The molecule has 4 rings (SSSR count). The molecule has 1 aliphatic rings. The number of ether oxygens (including phenoxy) is 3. The number of benzene rings is 3. The van der Waals surface area contributed by atoms with Crippen LogP contribution < -0.4 is 24.4 Å². The van der Waals surface area contributed by atoms with Gasteiger partial charge in [-0.15, -0.1) is 0 Å². The molecule has 1 N–H and O–H groups in total. The molecule has 0 radical (unpaired) electrons. The van der Waals surface area contributed by atoms with Gasteiger partial charge in [-0.2, -0.15) is 0 Å². The fraction of sp³-hybridized carbons (Fsp3) is 0.207. The summed E-state index contributed by atoms with van der Waals surface area (Å²) < 4.78 is 17.3. The topological polar surface area (TPSA) is 94.2 Å². The maximum atomic E-state index is 13.1. The Morgan fingerprint density at radius 3 is 2.30 bits per heavy atom. The zero-order valence-corrected chi connectivity index (χ0v) is 20.9. The fourth-order valence-corrected chi connectivity index (χ4v) is 3.77. The van der Waals surface area contributed by atoms with Crippen LogP contribution in [-0.2, 0) is 9.59 Å². The molecule has 1 saturated heterocycles. The Morgan fingerprint density at radius 1 is 0.811 bits per heavy atom. The Labute approximate surface area is 215 Å². The number of aryl methyl sites for hydroxylation is 2. The quantitative estimate of drug-likeness (QED) is 0.257. The van der Waals surface area contributed by atoms with E-state index in [9.17, 15) is 14.4 Å². The van der Waals surface area contributed by atoms with Gasteiger partial charge in [0.25, 0.3) is 11.8 Å². The van der Waals surface area contributed by atoms with Gasteiger partial charge in [-0.25, -0.2) is 9.69 Å². The first-order valence-corrected chi connectivity index (χ1v) is 11.9. The molecule has 0 spiro atoms. The zero-order valence-electron chi connectivity index (χ0n) is 20.9. The van der Waals surface area contributed by atoms with Crippen molar-refractivity contribution in [1.82, 2.24) is 5.32 Å². The van der Waals surface area contributed by atoms with Crippen LogP contribution in [0.2, 0.25) is 0 Å². The van der Waals surface area contributed by atoms with Crippen molar-refractivity contribution >= 4 is 29.6 Å². The second kappa shape index (κ2) is 11.4. The lowest BCUT2D eigenvalue weighted by atomic mass is 10.1. The average molecular weight is 501 g/mol. The molecule has 3 aromatic carbocycles. The molecule has 0 saturated carbocycles. The Morgan fingerprint density at radius 2 is 1.57 bits per heavy atom. The number of anilines is 1. The normalized spacial score (nSPS) is 14.5. The molecule has 1 heterocycles. The third kappa shape index (κ3) is 6.16. The summed E-state index contributed by atoms with van der Waals surface area (Å²) in [6.45, 7) is 6.78. The minimum absolute atomic E-state index is 0.164. The third-order valence-electron chi connectivity index (χ3n) is 5.57. The number of barbiturate groups is 1. The van der Waals surface area contributed by atoms with Crippen molar-refractivity contribution in [3.05, 3.63) is 89.0 Å². The lowest BCUT2D eigenvalue weighted by molar-refractivity contribution is -0.122. The third-order valence-corrected chi connectivity index (χ3v) is 5.57. The molecule has 4 amide bonds. The zero-order chi connectivity index (χ0) is 26.4. The summed E-state index contributed by atoms with van der Waals surface area (Å²) in [5, 5.41) is 2.23. The highest BCUT2D eigenvalue weighted by atomic mass is 16.5. The molecule has 0 aliphatic carbocycles. The molecule has 1 fully saturated rings. The van der Waals surface area contributed by atoms with E-state index in [1.165, 1.54) is 6.08 Å². The summed E-state index contributed by atoms with van der Waals surface area (Å²) in [5.74, 6) is 0.272. The molecule has 0 bridgehead atoms. The summed E-state index contributed by atoms with van der Waals surface area (Å²) in [7, 11) is 0. The van der Waals surface area contributed by atoms with Gasteiger partial charge in [0.1, 0.15) is 24.5 Å². The van der Waals surface area contributed by atoms with Crippen LogP contribution in [0, 0.1) is 13.8 Å². The summed E-state index contributed by atoms with van der Waals surface area (Å²) >= 11 is 0. The molecular formula is C29H28N2O6. The van der Waals surface area contributed by atoms with Crippen molar-refractivity contribution in [1.29, 1.82) is 0 Å². The molecule has 8 heteroatoms. The fourth-order valence-electron chi connectivity index (χ4n) is 3.77. The van der Waals surface area contributed by atoms with Gasteiger partial charge in [0, 0.05) is 0 Å². The van der Waals surface area contributed by atoms with Crippen LogP contribution in [0.4, 0.5) is 10.5 Å². The number of hydrogen-bond donors (Lipinski definition) is 1. The maximum absolute atomic E-state index is 13.1. The van der Waals surface area contributed by atoms with E-state index in [1.807, 2.05) is 45.0 Å². The number of nitrogens with one attached hydrogen (secondary N) is 1. The minimum Gasteiger partial charge on any atom is -0.490 e. The lowest BCUT2D eigenvalue weighted by Gasteiger charge is -2.26. The number of hydrogen-bond acceptors (Lipinski definition) is 6. The Kier molecular flexibility index (Phi) is 7.88. The van der Waals surface area contributed by atoms with E-state index in [0.29, 0.717) is 42.6 Å². The highest BCUT2D eigenvalue weighted by molar-refractivity contribution is 6.39. The van der Waals surface area contributed by atoms with Gasteiger partial charge in [-0.05, 0) is 74.4 Å². The van der Waals surface area contributed by atoms with Crippen molar-refractivity contribution in [3.63, 3.8) is 0 Å². The Bertz CT molecular complexity index is 1350. The van der Waals surface area contributed by atoms with E-state index in [-0.39, 0.29) is 5.57 Å². The first-order valence-electron chi connectivity index (χ1n) is 11.9. The van der Waals surface area contributed by atoms with Crippen molar-refractivity contribution in [3.8, 4) is 17.2 Å². The van der Waals surface area contributed by atoms with Gasteiger partial charge >= 0.3 is 6.03 Å². The predicted molar refractivity (Wildman–Crippen MR) is 140 cm³/mol. The van der Waals surface area contributed by atoms with Crippen LogP contribution >= 0.6 is 0 Å². The number of amides is 4. The number of nitrogens with zero attached hydrogens (tertiary/aromatic N) is 1.